The molecular formula is C18H36O. The molecule has 3 atom stereocenters. The first kappa shape index (κ1) is 17.0. The van der Waals surface area contributed by atoms with Crippen molar-refractivity contribution in [3.05, 3.63) is 0 Å². The van der Waals surface area contributed by atoms with E-state index in [1.807, 2.05) is 0 Å². The predicted molar refractivity (Wildman–Crippen MR) is 84.5 cm³/mol. The molecule has 0 bridgehead atoms. The zero-order valence-corrected chi connectivity index (χ0v) is 13.8. The Balaban J connectivity index is 2.63. The second kappa shape index (κ2) is 9.00. The molecule has 0 aromatic heterocycles. The summed E-state index contributed by atoms with van der Waals surface area (Å²) in [7, 11) is 0. The van der Waals surface area contributed by atoms with E-state index in [9.17, 15) is 0 Å². The monoisotopic (exact) mass is 268 g/mol. The zero-order chi connectivity index (χ0) is 14.1. The molecule has 0 aliphatic carbocycles. The van der Waals surface area contributed by atoms with Crippen molar-refractivity contribution in [2.45, 2.75) is 97.5 Å². The first-order valence-corrected chi connectivity index (χ1v) is 8.80. The van der Waals surface area contributed by atoms with Crippen molar-refractivity contribution in [1.29, 1.82) is 0 Å². The van der Waals surface area contributed by atoms with Gasteiger partial charge in [-0.05, 0) is 38.0 Å². The van der Waals surface area contributed by atoms with E-state index >= 15 is 0 Å². The van der Waals surface area contributed by atoms with Crippen LogP contribution in [0.4, 0.5) is 0 Å². The van der Waals surface area contributed by atoms with Gasteiger partial charge in [-0.15, -0.1) is 0 Å². The second-order valence-corrected chi connectivity index (χ2v) is 6.74. The highest BCUT2D eigenvalue weighted by Gasteiger charge is 2.34. The molecule has 0 amide bonds. The van der Waals surface area contributed by atoms with E-state index in [-0.39, 0.29) is 5.60 Å². The van der Waals surface area contributed by atoms with Crippen LogP contribution in [0.25, 0.3) is 0 Å². The van der Waals surface area contributed by atoms with Crippen LogP contribution in [-0.4, -0.2) is 12.2 Å². The highest BCUT2D eigenvalue weighted by atomic mass is 16.5. The fourth-order valence-corrected chi connectivity index (χ4v) is 3.82. The number of unbranched alkanes of at least 4 members (excludes halogenated alkanes) is 1. The summed E-state index contributed by atoms with van der Waals surface area (Å²) in [5, 5.41) is 0. The molecule has 1 saturated heterocycles. The summed E-state index contributed by atoms with van der Waals surface area (Å²) in [6.07, 6.45) is 13.3. The highest BCUT2D eigenvalue weighted by Crippen LogP contribution is 2.36. The molecule has 0 radical (unpaired) electrons. The van der Waals surface area contributed by atoms with E-state index in [4.69, 9.17) is 4.74 Å². The van der Waals surface area contributed by atoms with E-state index in [1.165, 1.54) is 64.2 Å². The Morgan fingerprint density at radius 2 is 1.84 bits per heavy atom. The first-order chi connectivity index (χ1) is 9.16. The molecule has 1 aliphatic rings. The predicted octanol–water partition coefficient (Wildman–Crippen LogP) is 5.97. The molecule has 0 saturated carbocycles. The van der Waals surface area contributed by atoms with Crippen molar-refractivity contribution in [2.75, 3.05) is 6.61 Å². The van der Waals surface area contributed by atoms with Gasteiger partial charge in [-0.2, -0.15) is 0 Å². The van der Waals surface area contributed by atoms with Crippen molar-refractivity contribution >= 4 is 0 Å². The van der Waals surface area contributed by atoms with E-state index in [2.05, 4.69) is 27.7 Å². The molecule has 1 fully saturated rings. The van der Waals surface area contributed by atoms with Crippen molar-refractivity contribution in [3.63, 3.8) is 0 Å². The fraction of sp³-hybridized carbons (Fsp3) is 1.00. The molecule has 0 aromatic carbocycles. The summed E-state index contributed by atoms with van der Waals surface area (Å²) in [4.78, 5) is 0. The molecule has 1 rings (SSSR count). The molecule has 0 aromatic rings. The minimum atomic E-state index is 0.145. The largest absolute Gasteiger partial charge is 0.375 e. The van der Waals surface area contributed by atoms with Crippen LogP contribution >= 0.6 is 0 Å². The Morgan fingerprint density at radius 3 is 2.47 bits per heavy atom. The lowest BCUT2D eigenvalue weighted by Crippen LogP contribution is -2.38. The van der Waals surface area contributed by atoms with Gasteiger partial charge in [0.1, 0.15) is 0 Å². The van der Waals surface area contributed by atoms with Gasteiger partial charge in [0.05, 0.1) is 5.60 Å². The smallest absolute Gasteiger partial charge is 0.0682 e. The van der Waals surface area contributed by atoms with Gasteiger partial charge in [0.2, 0.25) is 0 Å². The minimum Gasteiger partial charge on any atom is -0.375 e. The van der Waals surface area contributed by atoms with Crippen LogP contribution in [0.15, 0.2) is 0 Å². The number of hydrogen-bond acceptors (Lipinski definition) is 1. The molecule has 1 aliphatic heterocycles. The fourth-order valence-electron chi connectivity index (χ4n) is 3.82. The third-order valence-corrected chi connectivity index (χ3v) is 5.20. The van der Waals surface area contributed by atoms with Crippen molar-refractivity contribution in [2.24, 2.45) is 11.8 Å². The summed E-state index contributed by atoms with van der Waals surface area (Å²) < 4.78 is 6.43. The van der Waals surface area contributed by atoms with Crippen LogP contribution in [-0.2, 0) is 4.74 Å². The van der Waals surface area contributed by atoms with Gasteiger partial charge in [-0.3, -0.25) is 0 Å². The summed E-state index contributed by atoms with van der Waals surface area (Å²) in [6, 6.07) is 0. The first-order valence-electron chi connectivity index (χ1n) is 8.80. The van der Waals surface area contributed by atoms with Crippen LogP contribution in [0.5, 0.6) is 0 Å². The van der Waals surface area contributed by atoms with Crippen LogP contribution in [0.1, 0.15) is 91.9 Å². The molecule has 0 N–H and O–H groups in total. The average molecular weight is 268 g/mol. The van der Waals surface area contributed by atoms with E-state index in [1.54, 1.807) is 0 Å². The third-order valence-electron chi connectivity index (χ3n) is 5.20. The van der Waals surface area contributed by atoms with Crippen LogP contribution in [0, 0.1) is 11.8 Å². The molecule has 0 spiro atoms. The number of ether oxygens (including phenoxy) is 1. The standard InChI is InChI=1S/C18H36O/c1-5-8-14-18(4)17(7-3)12-9-11-16(10-6-2)13-15-19-18/h16-17H,5-15H2,1-4H3. The topological polar surface area (TPSA) is 9.23 Å². The quantitative estimate of drug-likeness (QED) is 0.577. The Morgan fingerprint density at radius 1 is 1.05 bits per heavy atom. The van der Waals surface area contributed by atoms with Gasteiger partial charge in [0, 0.05) is 6.61 Å². The molecule has 1 nitrogen and oxygen atoms in total. The Bertz CT molecular complexity index is 226. The van der Waals surface area contributed by atoms with Gasteiger partial charge < -0.3 is 4.74 Å². The Labute approximate surface area is 121 Å². The van der Waals surface area contributed by atoms with Gasteiger partial charge in [0.25, 0.3) is 0 Å². The molecule has 114 valence electrons. The molecule has 3 unspecified atom stereocenters. The molecule has 19 heavy (non-hydrogen) atoms. The summed E-state index contributed by atoms with van der Waals surface area (Å²) in [5.41, 5.74) is 0.145. The summed E-state index contributed by atoms with van der Waals surface area (Å²) >= 11 is 0. The van der Waals surface area contributed by atoms with E-state index in [0.29, 0.717) is 0 Å². The van der Waals surface area contributed by atoms with Crippen molar-refractivity contribution in [1.82, 2.24) is 0 Å². The van der Waals surface area contributed by atoms with Crippen molar-refractivity contribution < 1.29 is 4.74 Å². The molecular weight excluding hydrogens is 232 g/mol. The Hall–Kier alpha value is -0.0400. The van der Waals surface area contributed by atoms with Gasteiger partial charge in [-0.1, -0.05) is 65.7 Å². The molecule has 1 heteroatoms. The van der Waals surface area contributed by atoms with E-state index in [0.717, 1.165) is 18.4 Å². The SMILES string of the molecule is CCCCC1(C)OCCC(CCC)CCCC1CC. The summed E-state index contributed by atoms with van der Waals surface area (Å²) in [5.74, 6) is 1.68. The number of hydrogen-bond donors (Lipinski definition) is 0. The van der Waals surface area contributed by atoms with Gasteiger partial charge >= 0.3 is 0 Å². The maximum absolute atomic E-state index is 6.43. The van der Waals surface area contributed by atoms with Crippen LogP contribution in [0.2, 0.25) is 0 Å². The minimum absolute atomic E-state index is 0.145. The van der Waals surface area contributed by atoms with Gasteiger partial charge in [-0.25, -0.2) is 0 Å². The lowest BCUT2D eigenvalue weighted by Gasteiger charge is -2.37. The van der Waals surface area contributed by atoms with E-state index < -0.39 is 0 Å². The lowest BCUT2D eigenvalue weighted by molar-refractivity contribution is -0.0845. The number of rotatable bonds is 6. The maximum atomic E-state index is 6.43. The maximum Gasteiger partial charge on any atom is 0.0682 e. The summed E-state index contributed by atoms with van der Waals surface area (Å²) in [6.45, 7) is 10.3. The van der Waals surface area contributed by atoms with Gasteiger partial charge in [0.15, 0.2) is 0 Å². The highest BCUT2D eigenvalue weighted by molar-refractivity contribution is 4.85. The third kappa shape index (κ3) is 5.45. The molecule has 1 heterocycles. The van der Waals surface area contributed by atoms with Crippen LogP contribution in [0.3, 0.4) is 0 Å². The normalized spacial score (nSPS) is 33.5. The average Bonchev–Trinajstić information content (AvgIpc) is 2.47. The van der Waals surface area contributed by atoms with Crippen molar-refractivity contribution in [3.8, 4) is 0 Å². The lowest BCUT2D eigenvalue weighted by atomic mass is 9.79. The zero-order valence-electron chi connectivity index (χ0n) is 13.8. The Kier molecular flexibility index (Phi) is 8.06. The second-order valence-electron chi connectivity index (χ2n) is 6.74. The van der Waals surface area contributed by atoms with Crippen LogP contribution < -0.4 is 0 Å².